The fourth-order valence-corrected chi connectivity index (χ4v) is 18.8. The molecule has 7 amide bonds. The highest BCUT2D eigenvalue weighted by molar-refractivity contribution is 9.09. The predicted octanol–water partition coefficient (Wildman–Crippen LogP) is 6.27. The Balaban J connectivity index is 0.000000750. The average molecular weight is 2220 g/mol. The fraction of sp³-hybridized carbons (Fsp3) is 0.709. The monoisotopic (exact) mass is 2220 g/mol. The molecule has 2 aliphatic heterocycles. The number of alkyl halides is 2. The lowest BCUT2D eigenvalue weighted by Crippen LogP contribution is -2.46. The summed E-state index contributed by atoms with van der Waals surface area (Å²) in [5.41, 5.74) is 35.4. The summed E-state index contributed by atoms with van der Waals surface area (Å²) in [7, 11) is 0. The van der Waals surface area contributed by atoms with Crippen molar-refractivity contribution < 1.29 is 106 Å². The zero-order chi connectivity index (χ0) is 108. The number of carbonyl (C=O) groups excluding carboxylic acids is 16. The normalized spacial score (nSPS) is 19.0. The Kier molecular flexibility index (Phi) is 73.0. The number of halogens is 2. The van der Waals surface area contributed by atoms with Crippen molar-refractivity contribution in [2.75, 3.05) is 145 Å². The Morgan fingerprint density at radius 1 is 0.466 bits per heavy atom. The van der Waals surface area contributed by atoms with E-state index in [0.717, 1.165) is 11.1 Å². The molecule has 0 bridgehead atoms. The summed E-state index contributed by atoms with van der Waals surface area (Å²) in [6.07, 6.45) is 13.6. The third kappa shape index (κ3) is 63.9. The number of phenols is 2. The molecule has 4 rings (SSSR count). The van der Waals surface area contributed by atoms with E-state index in [0.29, 0.717) is 243 Å². The Bertz CT molecular complexity index is 4280. The van der Waals surface area contributed by atoms with Crippen LogP contribution in [0.5, 0.6) is 11.5 Å². The molecule has 0 saturated carbocycles. The van der Waals surface area contributed by atoms with E-state index in [2.05, 4.69) is 89.7 Å². The molecule has 39 nitrogen and oxygen atoms in total. The van der Waals surface area contributed by atoms with Crippen LogP contribution in [0.2, 0.25) is 0 Å². The minimum Gasteiger partial charge on any atom is -0.508 e. The average Bonchev–Trinajstić information content (AvgIpc) is 0.962. The molecule has 43 heteroatoms. The zero-order valence-corrected chi connectivity index (χ0v) is 91.1. The van der Waals surface area contributed by atoms with Gasteiger partial charge < -0.3 is 106 Å². The lowest BCUT2D eigenvalue weighted by atomic mass is 9.87. The summed E-state index contributed by atoms with van der Waals surface area (Å²) >= 11 is 8.93. The first-order valence-electron chi connectivity index (χ1n) is 51.9. The first-order valence-corrected chi connectivity index (χ1v) is 56.5. The van der Waals surface area contributed by atoms with Gasteiger partial charge in [0.2, 0.25) is 41.4 Å². The van der Waals surface area contributed by atoms with Crippen LogP contribution in [0.4, 0.5) is 0 Å². The van der Waals surface area contributed by atoms with Crippen LogP contribution in [0.3, 0.4) is 0 Å². The number of hydrogen-bond donors (Lipinski definition) is 17. The van der Waals surface area contributed by atoms with Crippen molar-refractivity contribution in [3.63, 3.8) is 0 Å². The number of rotatable bonds is 64. The van der Waals surface area contributed by atoms with E-state index < -0.39 is 59.9 Å². The lowest BCUT2D eigenvalue weighted by molar-refractivity contribution is -0.130. The van der Waals surface area contributed by atoms with Gasteiger partial charge in [-0.3, -0.25) is 92.0 Å². The van der Waals surface area contributed by atoms with Gasteiger partial charge >= 0.3 is 0 Å². The van der Waals surface area contributed by atoms with Gasteiger partial charge in [-0.05, 0) is 200 Å². The first-order chi connectivity index (χ1) is 70.0. The van der Waals surface area contributed by atoms with Crippen LogP contribution >= 0.6 is 55.4 Å². The number of amides is 7. The van der Waals surface area contributed by atoms with E-state index in [1.165, 1.54) is 47.8 Å². The van der Waals surface area contributed by atoms with Gasteiger partial charge in [0.05, 0.1) is 111 Å². The second-order valence-electron chi connectivity index (χ2n) is 37.6. The molecule has 2 fully saturated rings. The van der Waals surface area contributed by atoms with Crippen LogP contribution < -0.4 is 82.3 Å². The number of nitrogens with one attached hydrogen (secondary N) is 9. The molecule has 2 aromatic rings. The van der Waals surface area contributed by atoms with E-state index in [-0.39, 0.29) is 249 Å². The Morgan fingerprint density at radius 3 is 1.32 bits per heavy atom. The number of phenolic OH excluding ortho intramolecular Hbond substituents is 2. The van der Waals surface area contributed by atoms with E-state index in [1.807, 2.05) is 27.7 Å². The Labute approximate surface area is 887 Å². The summed E-state index contributed by atoms with van der Waals surface area (Å²) < 4.78 is 22.0. The van der Waals surface area contributed by atoms with E-state index in [9.17, 15) is 86.9 Å². The van der Waals surface area contributed by atoms with Gasteiger partial charge in [0.15, 0.2) is 29.3 Å². The van der Waals surface area contributed by atoms with E-state index >= 15 is 0 Å². The number of ketones is 9. The van der Waals surface area contributed by atoms with Crippen LogP contribution in [-0.2, 0) is 109 Å². The maximum Gasteiger partial charge on any atom is 0.234 e. The topological polar surface area (TPSA) is 640 Å². The molecule has 23 N–H and O–H groups in total. The lowest BCUT2D eigenvalue weighted by Gasteiger charge is -2.25. The van der Waals surface area contributed by atoms with Crippen molar-refractivity contribution in [2.24, 2.45) is 79.9 Å². The van der Waals surface area contributed by atoms with Gasteiger partial charge in [0, 0.05) is 134 Å². The van der Waals surface area contributed by atoms with Gasteiger partial charge in [-0.1, -0.05) is 110 Å². The number of aromatic hydroxyl groups is 2. The minimum atomic E-state index is -0.765. The number of thioether (sulfide) groups is 2. The Hall–Kier alpha value is -8.76. The van der Waals surface area contributed by atoms with Crippen LogP contribution in [0.15, 0.2) is 58.5 Å². The summed E-state index contributed by atoms with van der Waals surface area (Å²) in [6, 6.07) is 8.63. The molecular formula is C103H169Br2N17O22S2. The fourth-order valence-electron chi connectivity index (χ4n) is 16.3. The molecule has 2 saturated heterocycles. The van der Waals surface area contributed by atoms with Gasteiger partial charge in [0.25, 0.3) is 0 Å². The highest BCUT2D eigenvalue weighted by atomic mass is 79.9. The number of nitrogens with two attached hydrogens (primary N) is 6. The number of aliphatic imine (C=N–C) groups is 2. The molecular weight excluding hydrogens is 2050 g/mol. The number of hydrogen-bond acceptors (Lipinski definition) is 30. The number of Topliss-reactive ketones (excluding diaryl/α,β-unsaturated/α-hetero) is 9. The molecule has 0 spiro atoms. The van der Waals surface area contributed by atoms with Crippen LogP contribution in [0.25, 0.3) is 0 Å². The molecule has 146 heavy (non-hydrogen) atoms. The standard InChI is InChI=1S/C52H85BrN8O11S.C51H84BrN9O11S/c1-3-36(2)50-46(66)22-18-39(11-6-7-24-57-48(68)23-27-72-29-28-71-26-9-13-41(63)31-53)47(67)33-60-44(35-73-34-42(64)12-4-5-14-49(69)61-50)45(65)21-17-38(10-8-25-58-52(55)56)32-59-43(51(54)70)30-37-15-19-40(62)20-16-37;1-3-35(2)49-44(65)18-14-38(9-4-5-22-56-46(67)20-26-72-28-27-71-25-7-10-40(63)31-52)45(66)33-60-41(21-29-73-34-48(69)57-24-19-47(68)61-49)43(64)17-13-37(8-6-23-58-51(54)55)32-59-42(50(53)70)30-36-11-15-39(62)16-12-36/h15-16,19-20,36,38-39,43-44,50,59-60,62H,3-14,17-18,21-35H2,1-2H3,(H2,54,70)(H,57,68)(H,61,69)(H4,55,56,58);11-12,15-16,35,37-38,41-42,49,59-60,62H,3-10,13-14,17-34H2,1-2H3,(H2,53,70)(H,56,67)(H,57,69)(H,61,68)(H4,54,55,58)/t36-,38+,39+,43-,44-,50-;35-,37+,38+,41-,42-,49-/m00/s1. The minimum absolute atomic E-state index is 0.00781. The Morgan fingerprint density at radius 2 is 0.890 bits per heavy atom. The van der Waals surface area contributed by atoms with Crippen LogP contribution in [-0.4, -0.2) is 297 Å². The van der Waals surface area contributed by atoms with Gasteiger partial charge in [-0.15, -0.1) is 0 Å². The number of ether oxygens (including phenoxy) is 4. The largest absolute Gasteiger partial charge is 0.508 e. The van der Waals surface area contributed by atoms with Gasteiger partial charge in [-0.2, -0.15) is 23.5 Å². The third-order valence-corrected chi connectivity index (χ3v) is 29.0. The molecule has 0 aliphatic carbocycles. The molecule has 12 atom stereocenters. The van der Waals surface area contributed by atoms with Crippen molar-refractivity contribution in [2.45, 2.75) is 282 Å². The zero-order valence-electron chi connectivity index (χ0n) is 86.3. The SMILES string of the molecule is CC[C@H](C)[C@@H]1NC(=O)CCCCC(=O)CSC[C@@H](C(=O)CC[C@@H](CCCN=C(N)N)CN[C@@H](Cc2ccc(O)cc2)C(N)=O)NCC(=O)[C@H](CCCCNC(=O)CCOCCOCCCC(=O)CBr)CCC1=O.CC[C@H](C)[C@@H]1NC(=O)CCNC(=O)CSCC[C@@H](C(=O)CC[C@@H](CCCN=C(N)N)CN[C@@H](Cc2ccc(O)cc2)C(N)=O)NCC(=O)[C@H](CCCCNC(=O)CCOCCOCCCC(=O)CBr)CCC1=O. The van der Waals surface area contributed by atoms with Crippen molar-refractivity contribution in [1.82, 2.24) is 47.9 Å². The van der Waals surface area contributed by atoms with Crippen molar-refractivity contribution in [3.8, 4) is 11.5 Å². The second-order valence-corrected chi connectivity index (χ2v) is 40.8. The van der Waals surface area contributed by atoms with Gasteiger partial charge in [-0.25, -0.2) is 0 Å². The van der Waals surface area contributed by atoms with E-state index in [4.69, 9.17) is 53.3 Å². The quantitative estimate of drug-likeness (QED) is 0.0150. The van der Waals surface area contributed by atoms with Crippen LogP contribution in [0.1, 0.15) is 244 Å². The number of nitrogens with zero attached hydrogens (tertiary/aromatic N) is 2. The molecule has 0 unspecified atom stereocenters. The van der Waals surface area contributed by atoms with E-state index in [1.54, 1.807) is 24.3 Å². The molecule has 2 aliphatic rings. The predicted molar refractivity (Wildman–Crippen MR) is 575 cm³/mol. The molecule has 824 valence electrons. The summed E-state index contributed by atoms with van der Waals surface area (Å²) in [6.45, 7) is 12.5. The van der Waals surface area contributed by atoms with Crippen molar-refractivity contribution in [3.05, 3.63) is 59.7 Å². The highest BCUT2D eigenvalue weighted by Crippen LogP contribution is 2.26. The number of primary amides is 2. The van der Waals surface area contributed by atoms with Crippen molar-refractivity contribution >= 4 is 161 Å². The molecule has 2 heterocycles. The molecule has 0 aromatic heterocycles. The highest BCUT2D eigenvalue weighted by Gasteiger charge is 2.33. The van der Waals surface area contributed by atoms with Crippen LogP contribution in [0, 0.1) is 35.5 Å². The third-order valence-electron chi connectivity index (χ3n) is 25.6. The smallest absolute Gasteiger partial charge is 0.234 e. The van der Waals surface area contributed by atoms with Gasteiger partial charge in [0.1, 0.15) is 46.2 Å². The second kappa shape index (κ2) is 81.1. The number of carbonyl (C=O) groups is 16. The molecule has 0 radical (unpaired) electrons. The summed E-state index contributed by atoms with van der Waals surface area (Å²) in [5.74, 6) is -3.52. The summed E-state index contributed by atoms with van der Waals surface area (Å²) in [5, 5.41) is 47.5. The first kappa shape index (κ1) is 131. The molecule has 2 aromatic carbocycles. The maximum atomic E-state index is 14.2. The number of guanidine groups is 2. The van der Waals surface area contributed by atoms with Crippen molar-refractivity contribution in [1.29, 1.82) is 0 Å². The summed E-state index contributed by atoms with van der Waals surface area (Å²) in [4.78, 5) is 217. The number of benzene rings is 2. The number of unbranched alkanes of at least 4 members (excludes halogenated alkanes) is 2. The maximum absolute atomic E-state index is 14.2.